The van der Waals surface area contributed by atoms with E-state index in [1.54, 1.807) is 7.11 Å². The number of anilines is 1. The fourth-order valence-corrected chi connectivity index (χ4v) is 1.39. The monoisotopic (exact) mass is 244 g/mol. The minimum atomic E-state index is 0.542. The van der Waals surface area contributed by atoms with Gasteiger partial charge in [0.2, 0.25) is 0 Å². The van der Waals surface area contributed by atoms with Gasteiger partial charge < -0.3 is 15.4 Å². The second-order valence-electron chi connectivity index (χ2n) is 2.85. The third kappa shape index (κ3) is 4.46. The lowest BCUT2D eigenvalue weighted by molar-refractivity contribution is 0.204. The van der Waals surface area contributed by atoms with Crippen LogP contribution in [0.3, 0.4) is 0 Å². The minimum absolute atomic E-state index is 0.542. The van der Waals surface area contributed by atoms with Gasteiger partial charge in [0.25, 0.3) is 0 Å². The minimum Gasteiger partial charge on any atom is -0.383 e. The first kappa shape index (κ1) is 12.2. The van der Waals surface area contributed by atoms with Gasteiger partial charge in [0.15, 0.2) is 5.11 Å². The molecule has 0 saturated heterocycles. The highest BCUT2D eigenvalue weighted by Crippen LogP contribution is 2.19. The molecule has 0 unspecified atom stereocenters. The summed E-state index contributed by atoms with van der Waals surface area (Å²) in [5.74, 6) is 0. The molecule has 1 aromatic carbocycles. The number of rotatable bonds is 4. The molecule has 0 amide bonds. The summed E-state index contributed by atoms with van der Waals surface area (Å²) in [6.45, 7) is 1.29. The lowest BCUT2D eigenvalue weighted by atomic mass is 10.3. The largest absolute Gasteiger partial charge is 0.383 e. The summed E-state index contributed by atoms with van der Waals surface area (Å²) >= 11 is 11.0. The van der Waals surface area contributed by atoms with Gasteiger partial charge in [-0.3, -0.25) is 0 Å². The van der Waals surface area contributed by atoms with E-state index in [4.69, 9.17) is 28.6 Å². The van der Waals surface area contributed by atoms with Crippen molar-refractivity contribution in [2.75, 3.05) is 25.6 Å². The second kappa shape index (κ2) is 6.61. The van der Waals surface area contributed by atoms with Crippen molar-refractivity contribution >= 4 is 34.6 Å². The van der Waals surface area contributed by atoms with E-state index in [0.717, 1.165) is 5.69 Å². The molecule has 0 atom stereocenters. The number of hydrogen-bond donors (Lipinski definition) is 2. The van der Waals surface area contributed by atoms with Crippen molar-refractivity contribution in [3.05, 3.63) is 29.3 Å². The Morgan fingerprint density at radius 3 is 2.87 bits per heavy atom. The van der Waals surface area contributed by atoms with Crippen molar-refractivity contribution in [3.63, 3.8) is 0 Å². The molecule has 0 aliphatic heterocycles. The number of thiocarbonyl (C=S) groups is 1. The first-order valence-corrected chi connectivity index (χ1v) is 5.31. The molecule has 0 radical (unpaired) electrons. The van der Waals surface area contributed by atoms with Crippen LogP contribution in [0.15, 0.2) is 24.3 Å². The Morgan fingerprint density at radius 2 is 2.20 bits per heavy atom. The topological polar surface area (TPSA) is 33.3 Å². The van der Waals surface area contributed by atoms with Crippen LogP contribution in [0.4, 0.5) is 5.69 Å². The summed E-state index contributed by atoms with van der Waals surface area (Å²) in [4.78, 5) is 0. The van der Waals surface area contributed by atoms with Crippen molar-refractivity contribution in [3.8, 4) is 0 Å². The Balaban J connectivity index is 2.41. The summed E-state index contributed by atoms with van der Waals surface area (Å²) in [6, 6.07) is 7.44. The van der Waals surface area contributed by atoms with E-state index < -0.39 is 0 Å². The van der Waals surface area contributed by atoms with Crippen LogP contribution in [0.1, 0.15) is 0 Å². The van der Waals surface area contributed by atoms with Crippen LogP contribution in [-0.4, -0.2) is 25.4 Å². The van der Waals surface area contributed by atoms with Crippen molar-refractivity contribution in [1.29, 1.82) is 0 Å². The molecule has 2 N–H and O–H groups in total. The molecule has 1 aromatic rings. The molecule has 3 nitrogen and oxygen atoms in total. The third-order valence-corrected chi connectivity index (χ3v) is 2.29. The fraction of sp³-hybridized carbons (Fsp3) is 0.300. The van der Waals surface area contributed by atoms with Crippen molar-refractivity contribution in [2.24, 2.45) is 0 Å². The molecule has 0 heterocycles. The lowest BCUT2D eigenvalue weighted by Gasteiger charge is -2.10. The van der Waals surface area contributed by atoms with Crippen LogP contribution < -0.4 is 10.6 Å². The fourth-order valence-electron chi connectivity index (χ4n) is 0.996. The van der Waals surface area contributed by atoms with E-state index in [9.17, 15) is 0 Å². The number of nitrogens with one attached hydrogen (secondary N) is 2. The van der Waals surface area contributed by atoms with Crippen LogP contribution >= 0.6 is 23.8 Å². The van der Waals surface area contributed by atoms with Crippen LogP contribution in [0.2, 0.25) is 5.02 Å². The zero-order chi connectivity index (χ0) is 11.1. The molecular weight excluding hydrogens is 232 g/mol. The van der Waals surface area contributed by atoms with Crippen molar-refractivity contribution < 1.29 is 4.74 Å². The third-order valence-electron chi connectivity index (χ3n) is 1.71. The Morgan fingerprint density at radius 1 is 1.47 bits per heavy atom. The predicted molar refractivity (Wildman–Crippen MR) is 67.6 cm³/mol. The number of halogens is 1. The van der Waals surface area contributed by atoms with Crippen LogP contribution in [-0.2, 0) is 4.74 Å². The van der Waals surface area contributed by atoms with E-state index >= 15 is 0 Å². The van der Waals surface area contributed by atoms with Crippen LogP contribution in [0.5, 0.6) is 0 Å². The second-order valence-corrected chi connectivity index (χ2v) is 3.67. The zero-order valence-corrected chi connectivity index (χ0v) is 9.99. The van der Waals surface area contributed by atoms with Crippen LogP contribution in [0.25, 0.3) is 0 Å². The number of benzene rings is 1. The molecular formula is C10H13ClN2OS. The van der Waals surface area contributed by atoms with E-state index in [1.807, 2.05) is 24.3 Å². The molecule has 0 spiro atoms. The average molecular weight is 245 g/mol. The first-order valence-electron chi connectivity index (χ1n) is 4.52. The Hall–Kier alpha value is -0.840. The normalized spacial score (nSPS) is 9.73. The molecule has 0 saturated carbocycles. The zero-order valence-electron chi connectivity index (χ0n) is 8.42. The molecule has 0 aromatic heterocycles. The van der Waals surface area contributed by atoms with Gasteiger partial charge in [-0.15, -0.1) is 0 Å². The maximum absolute atomic E-state index is 5.96. The van der Waals surface area contributed by atoms with E-state index in [1.165, 1.54) is 0 Å². The molecule has 0 aliphatic carbocycles. The number of ether oxygens (including phenoxy) is 1. The molecule has 5 heteroatoms. The number of para-hydroxylation sites is 1. The average Bonchev–Trinajstić information content (AvgIpc) is 2.22. The summed E-state index contributed by atoms with van der Waals surface area (Å²) in [7, 11) is 1.65. The van der Waals surface area contributed by atoms with Gasteiger partial charge >= 0.3 is 0 Å². The molecule has 1 rings (SSSR count). The highest BCUT2D eigenvalue weighted by Gasteiger charge is 2.00. The molecule has 0 bridgehead atoms. The summed E-state index contributed by atoms with van der Waals surface area (Å²) < 4.78 is 4.89. The van der Waals surface area contributed by atoms with Gasteiger partial charge in [-0.05, 0) is 24.4 Å². The predicted octanol–water partition coefficient (Wildman–Crippen LogP) is 2.27. The first-order chi connectivity index (χ1) is 7.24. The summed E-state index contributed by atoms with van der Waals surface area (Å²) in [5, 5.41) is 7.19. The highest BCUT2D eigenvalue weighted by atomic mass is 35.5. The lowest BCUT2D eigenvalue weighted by Crippen LogP contribution is -2.31. The number of methoxy groups -OCH3 is 1. The molecule has 0 fully saturated rings. The summed E-state index contributed by atoms with van der Waals surface area (Å²) in [5.41, 5.74) is 0.800. The Kier molecular flexibility index (Phi) is 5.39. The standard InChI is InChI=1S/C10H13ClN2OS/c1-14-7-6-12-10(15)13-9-5-3-2-4-8(9)11/h2-5H,6-7H2,1H3,(H2,12,13,15). The quantitative estimate of drug-likeness (QED) is 0.629. The van der Waals surface area contributed by atoms with E-state index in [2.05, 4.69) is 10.6 Å². The Labute approximate surface area is 99.8 Å². The van der Waals surface area contributed by atoms with Crippen molar-refractivity contribution in [2.45, 2.75) is 0 Å². The van der Waals surface area contributed by atoms with Gasteiger partial charge in [-0.2, -0.15) is 0 Å². The van der Waals surface area contributed by atoms with Crippen molar-refractivity contribution in [1.82, 2.24) is 5.32 Å². The molecule has 0 aliphatic rings. The maximum Gasteiger partial charge on any atom is 0.170 e. The van der Waals surface area contributed by atoms with Gasteiger partial charge in [0.1, 0.15) is 0 Å². The van der Waals surface area contributed by atoms with E-state index in [0.29, 0.717) is 23.3 Å². The summed E-state index contributed by atoms with van der Waals surface area (Å²) in [6.07, 6.45) is 0. The maximum atomic E-state index is 5.96. The van der Waals surface area contributed by atoms with Gasteiger partial charge in [0, 0.05) is 13.7 Å². The van der Waals surface area contributed by atoms with Gasteiger partial charge in [0.05, 0.1) is 17.3 Å². The van der Waals surface area contributed by atoms with Gasteiger partial charge in [-0.1, -0.05) is 23.7 Å². The SMILES string of the molecule is COCCNC(=S)Nc1ccccc1Cl. The molecule has 82 valence electrons. The highest BCUT2D eigenvalue weighted by molar-refractivity contribution is 7.80. The molecule has 15 heavy (non-hydrogen) atoms. The van der Waals surface area contributed by atoms with E-state index in [-0.39, 0.29) is 0 Å². The Bertz CT molecular complexity index is 333. The number of hydrogen-bond acceptors (Lipinski definition) is 2. The smallest absolute Gasteiger partial charge is 0.170 e. The van der Waals surface area contributed by atoms with Crippen LogP contribution in [0, 0.1) is 0 Å². The van der Waals surface area contributed by atoms with Gasteiger partial charge in [-0.25, -0.2) is 0 Å².